The van der Waals surface area contributed by atoms with Gasteiger partial charge in [0.15, 0.2) is 11.6 Å². The van der Waals surface area contributed by atoms with Gasteiger partial charge in [0, 0.05) is 54.2 Å². The number of fused-ring (bicyclic) bond motifs is 4. The molecule has 11 rings (SSSR count). The Hall–Kier alpha value is -3.14. The summed E-state index contributed by atoms with van der Waals surface area (Å²) in [4.78, 5) is 25.9. The Morgan fingerprint density at radius 1 is 0.886 bits per heavy atom. The zero-order valence-corrected chi connectivity index (χ0v) is 25.2. The van der Waals surface area contributed by atoms with E-state index in [0.717, 1.165) is 106 Å². The molecule has 8 aliphatic rings. The summed E-state index contributed by atoms with van der Waals surface area (Å²) >= 11 is 0. The van der Waals surface area contributed by atoms with Gasteiger partial charge in [0.05, 0.1) is 0 Å². The minimum Gasteiger partial charge on any atom is -0.381 e. The van der Waals surface area contributed by atoms with Crippen LogP contribution in [0.3, 0.4) is 0 Å². The van der Waals surface area contributed by atoms with E-state index in [4.69, 9.17) is 18.8 Å². The molecular formula is C34H40FN5O4. The van der Waals surface area contributed by atoms with E-state index >= 15 is 4.39 Å². The van der Waals surface area contributed by atoms with Crippen molar-refractivity contribution < 1.29 is 23.0 Å². The molecule has 0 unspecified atom stereocenters. The van der Waals surface area contributed by atoms with Gasteiger partial charge in [-0.3, -0.25) is 4.79 Å². The molecule has 9 nitrogen and oxygen atoms in total. The lowest BCUT2D eigenvalue weighted by atomic mass is 9.53. The Morgan fingerprint density at radius 3 is 2.30 bits per heavy atom. The van der Waals surface area contributed by atoms with Crippen molar-refractivity contribution in [1.29, 1.82) is 0 Å². The molecule has 3 aromatic rings. The van der Waals surface area contributed by atoms with Gasteiger partial charge in [-0.2, -0.15) is 9.97 Å². The number of halogens is 1. The van der Waals surface area contributed by atoms with Crippen LogP contribution in [0.4, 0.5) is 10.1 Å². The van der Waals surface area contributed by atoms with Gasteiger partial charge in [-0.1, -0.05) is 16.4 Å². The quantitative estimate of drug-likeness (QED) is 0.282. The summed E-state index contributed by atoms with van der Waals surface area (Å²) in [7, 11) is 0. The third-order valence-corrected chi connectivity index (χ3v) is 12.2. The molecule has 8 fully saturated rings. The fraction of sp³-hybridized carbons (Fsp3) is 0.676. The first kappa shape index (κ1) is 27.2. The summed E-state index contributed by atoms with van der Waals surface area (Å²) in [6.45, 7) is 2.15. The summed E-state index contributed by atoms with van der Waals surface area (Å²) in [6, 6.07) is 7.95. The van der Waals surface area contributed by atoms with Crippen LogP contribution < -0.4 is 4.90 Å². The summed E-state index contributed by atoms with van der Waals surface area (Å²) < 4.78 is 32.1. The van der Waals surface area contributed by atoms with E-state index in [1.54, 1.807) is 0 Å². The summed E-state index contributed by atoms with van der Waals surface area (Å²) in [5.41, 5.74) is 0.443. The molecule has 1 aromatic carbocycles. The molecule has 232 valence electrons. The highest BCUT2D eigenvalue weighted by Gasteiger charge is 2.60. The van der Waals surface area contributed by atoms with Crippen molar-refractivity contribution in [2.24, 2.45) is 17.3 Å². The molecule has 1 aliphatic heterocycles. The molecule has 1 saturated heterocycles. The van der Waals surface area contributed by atoms with E-state index < -0.39 is 5.67 Å². The fourth-order valence-corrected chi connectivity index (χ4v) is 9.07. The van der Waals surface area contributed by atoms with Gasteiger partial charge in [-0.15, -0.1) is 0 Å². The van der Waals surface area contributed by atoms with Crippen LogP contribution in [0.15, 0.2) is 33.3 Å². The van der Waals surface area contributed by atoms with Gasteiger partial charge >= 0.3 is 0 Å². The monoisotopic (exact) mass is 601 g/mol. The van der Waals surface area contributed by atoms with Crippen LogP contribution in [0.5, 0.6) is 0 Å². The average Bonchev–Trinajstić information content (AvgIpc) is 3.39. The number of rotatable bonds is 8. The van der Waals surface area contributed by atoms with E-state index in [1.165, 1.54) is 0 Å². The molecule has 44 heavy (non-hydrogen) atoms. The van der Waals surface area contributed by atoms with Gasteiger partial charge in [-0.05, 0) is 113 Å². The van der Waals surface area contributed by atoms with Crippen molar-refractivity contribution >= 4 is 11.6 Å². The van der Waals surface area contributed by atoms with Gasteiger partial charge in [-0.25, -0.2) is 4.39 Å². The molecule has 7 aliphatic carbocycles. The zero-order valence-electron chi connectivity index (χ0n) is 25.2. The van der Waals surface area contributed by atoms with Gasteiger partial charge in [0.1, 0.15) is 5.67 Å². The standard InChI is InChI=1S/C34H40FN5O4/c35-34-17-24(18-34)26(19-34)30(41)40(25-3-1-2-23(16-25)29-36-27(38-43-29)21-4-5-21)20-32-8-11-33(12-9-32,13-10-32)31-37-28(39-44-31)22-6-14-42-15-7-22/h1-3,16,21-22,24,26H,4-15,17-20H2/t24?,26-,32?,33?,34?/m1/s1. The first-order valence-electron chi connectivity index (χ1n) is 16.8. The predicted octanol–water partition coefficient (Wildman–Crippen LogP) is 6.65. The van der Waals surface area contributed by atoms with Crippen LogP contribution in [-0.4, -0.2) is 51.6 Å². The highest BCUT2D eigenvalue weighted by molar-refractivity contribution is 5.96. The largest absolute Gasteiger partial charge is 0.381 e. The molecule has 1 atom stereocenters. The lowest BCUT2D eigenvalue weighted by Gasteiger charge is -2.53. The Balaban J connectivity index is 0.971. The van der Waals surface area contributed by atoms with Crippen molar-refractivity contribution in [2.75, 3.05) is 24.7 Å². The number of carbonyl (C=O) groups excluding carboxylic acids is 1. The normalized spacial score (nSPS) is 34.7. The highest BCUT2D eigenvalue weighted by atomic mass is 19.1. The third kappa shape index (κ3) is 4.53. The zero-order chi connectivity index (χ0) is 29.5. The summed E-state index contributed by atoms with van der Waals surface area (Å²) in [6.07, 6.45) is 11.4. The Labute approximate surface area is 256 Å². The number of ether oxygens (including phenoxy) is 1. The number of amides is 1. The first-order chi connectivity index (χ1) is 21.4. The number of benzene rings is 1. The van der Waals surface area contributed by atoms with Crippen LogP contribution >= 0.6 is 0 Å². The van der Waals surface area contributed by atoms with Crippen LogP contribution in [0.2, 0.25) is 0 Å². The maximum atomic E-state index is 15.0. The van der Waals surface area contributed by atoms with Crippen LogP contribution in [0.25, 0.3) is 11.5 Å². The topological polar surface area (TPSA) is 107 Å². The number of anilines is 1. The molecule has 1 amide bonds. The van der Waals surface area contributed by atoms with E-state index in [-0.39, 0.29) is 28.6 Å². The van der Waals surface area contributed by atoms with Crippen LogP contribution in [-0.2, 0) is 14.9 Å². The molecule has 7 saturated carbocycles. The number of hydrogen-bond acceptors (Lipinski definition) is 8. The maximum absolute atomic E-state index is 15.0. The SMILES string of the molecule is O=C([C@@H]1CC2(F)CC1C2)N(CC12CCC(c3nc(C4CCOCC4)no3)(CC1)CC2)c1cccc(-c2nc(C3CC3)no2)c1. The second-order valence-corrected chi connectivity index (χ2v) is 15.0. The molecule has 3 heterocycles. The van der Waals surface area contributed by atoms with Crippen molar-refractivity contribution in [3.05, 3.63) is 41.8 Å². The number of carbonyl (C=O) groups is 1. The van der Waals surface area contributed by atoms with E-state index in [1.807, 2.05) is 29.2 Å². The molecule has 2 aromatic heterocycles. The Morgan fingerprint density at radius 2 is 1.59 bits per heavy atom. The van der Waals surface area contributed by atoms with Crippen LogP contribution in [0, 0.1) is 17.3 Å². The Kier molecular flexibility index (Phi) is 6.14. The lowest BCUT2D eigenvalue weighted by Crippen LogP contribution is -2.51. The van der Waals surface area contributed by atoms with Crippen molar-refractivity contribution in [3.63, 3.8) is 0 Å². The second kappa shape index (κ2) is 9.93. The molecule has 0 radical (unpaired) electrons. The van der Waals surface area contributed by atoms with Gasteiger partial charge in [0.25, 0.3) is 5.89 Å². The number of hydrogen-bond donors (Lipinski definition) is 0. The second-order valence-electron chi connectivity index (χ2n) is 15.0. The minimum atomic E-state index is -1.15. The third-order valence-electron chi connectivity index (χ3n) is 12.2. The van der Waals surface area contributed by atoms with E-state index in [2.05, 4.69) is 15.3 Å². The average molecular weight is 602 g/mol. The van der Waals surface area contributed by atoms with Crippen molar-refractivity contribution in [1.82, 2.24) is 20.3 Å². The molecule has 0 N–H and O–H groups in total. The summed E-state index contributed by atoms with van der Waals surface area (Å²) in [5, 5.41) is 8.62. The summed E-state index contributed by atoms with van der Waals surface area (Å²) in [5.74, 6) is 3.59. The minimum absolute atomic E-state index is 0.00949. The predicted molar refractivity (Wildman–Crippen MR) is 158 cm³/mol. The Bertz CT molecular complexity index is 1540. The molecular weight excluding hydrogens is 561 g/mol. The first-order valence-corrected chi connectivity index (χ1v) is 16.8. The number of nitrogens with zero attached hydrogens (tertiary/aromatic N) is 5. The molecule has 10 heteroatoms. The van der Waals surface area contributed by atoms with Crippen molar-refractivity contribution in [2.45, 2.75) is 106 Å². The van der Waals surface area contributed by atoms with Crippen molar-refractivity contribution in [3.8, 4) is 11.5 Å². The smallest absolute Gasteiger partial charge is 0.258 e. The number of alkyl halides is 1. The van der Waals surface area contributed by atoms with Gasteiger partial charge in [0.2, 0.25) is 11.8 Å². The highest BCUT2D eigenvalue weighted by Crippen LogP contribution is 2.60. The fourth-order valence-electron chi connectivity index (χ4n) is 9.07. The molecule has 0 spiro atoms. The number of aromatic nitrogens is 4. The molecule has 4 bridgehead atoms. The van der Waals surface area contributed by atoms with E-state index in [0.29, 0.717) is 43.5 Å². The van der Waals surface area contributed by atoms with E-state index in [9.17, 15) is 4.79 Å². The van der Waals surface area contributed by atoms with Crippen LogP contribution in [0.1, 0.15) is 113 Å². The maximum Gasteiger partial charge on any atom is 0.258 e. The van der Waals surface area contributed by atoms with Gasteiger partial charge < -0.3 is 18.7 Å². The lowest BCUT2D eigenvalue weighted by molar-refractivity contribution is -0.123.